The lowest BCUT2D eigenvalue weighted by atomic mass is 10.3. The lowest BCUT2D eigenvalue weighted by molar-refractivity contribution is -0.113. The second-order valence-electron chi connectivity index (χ2n) is 7.65. The number of carbonyl (C=O) groups is 1. The Morgan fingerprint density at radius 3 is 2.85 bits per heavy atom. The number of amides is 1. The first-order chi connectivity index (χ1) is 16.6. The molecule has 0 aliphatic carbocycles. The molecule has 176 valence electrons. The topological polar surface area (TPSA) is 94.4 Å². The highest BCUT2D eigenvalue weighted by Crippen LogP contribution is 2.32. The van der Waals surface area contributed by atoms with Crippen LogP contribution in [0.3, 0.4) is 0 Å². The van der Waals surface area contributed by atoms with Crippen LogP contribution >= 0.6 is 23.1 Å². The van der Waals surface area contributed by atoms with Gasteiger partial charge in [0.2, 0.25) is 5.91 Å². The number of fused-ring (bicyclic) bond motifs is 1. The first-order valence-electron chi connectivity index (χ1n) is 10.8. The number of rotatable bonds is 7. The van der Waals surface area contributed by atoms with Crippen LogP contribution in [0.2, 0.25) is 0 Å². The van der Waals surface area contributed by atoms with Crippen LogP contribution in [0, 0.1) is 6.92 Å². The fourth-order valence-corrected chi connectivity index (χ4v) is 5.58. The molecule has 11 heteroatoms. The van der Waals surface area contributed by atoms with Crippen molar-refractivity contribution >= 4 is 50.0 Å². The summed E-state index contributed by atoms with van der Waals surface area (Å²) in [5, 5.41) is 13.1. The summed E-state index contributed by atoms with van der Waals surface area (Å²) in [6.07, 6.45) is 0. The van der Waals surface area contributed by atoms with Crippen LogP contribution in [0.5, 0.6) is 5.75 Å². The van der Waals surface area contributed by atoms with Crippen molar-refractivity contribution in [2.75, 3.05) is 49.4 Å². The Labute approximate surface area is 205 Å². The van der Waals surface area contributed by atoms with Crippen LogP contribution in [0.4, 0.5) is 10.8 Å². The Bertz CT molecular complexity index is 1320. The average molecular weight is 497 g/mol. The molecule has 0 spiro atoms. The van der Waals surface area contributed by atoms with Gasteiger partial charge in [-0.25, -0.2) is 4.98 Å². The van der Waals surface area contributed by atoms with Crippen molar-refractivity contribution in [3.05, 3.63) is 48.3 Å². The molecule has 34 heavy (non-hydrogen) atoms. The molecule has 4 aromatic rings. The summed E-state index contributed by atoms with van der Waals surface area (Å²) in [5.41, 5.74) is 2.51. The number of aryl methyl sites for hydroxylation is 1. The molecular weight excluding hydrogens is 472 g/mol. The van der Waals surface area contributed by atoms with Gasteiger partial charge in [-0.2, -0.15) is 0 Å². The molecule has 2 aromatic heterocycles. The van der Waals surface area contributed by atoms with Crippen LogP contribution in [0.25, 0.3) is 15.9 Å². The van der Waals surface area contributed by atoms with E-state index in [9.17, 15) is 4.79 Å². The van der Waals surface area contributed by atoms with Gasteiger partial charge in [-0.1, -0.05) is 35.2 Å². The van der Waals surface area contributed by atoms with E-state index in [2.05, 4.69) is 20.4 Å². The predicted molar refractivity (Wildman–Crippen MR) is 135 cm³/mol. The smallest absolute Gasteiger partial charge is 0.234 e. The molecule has 9 nitrogen and oxygen atoms in total. The first kappa shape index (κ1) is 22.6. The summed E-state index contributed by atoms with van der Waals surface area (Å²) in [6.45, 7) is 5.01. The fourth-order valence-electron chi connectivity index (χ4n) is 3.74. The van der Waals surface area contributed by atoms with Gasteiger partial charge in [0.25, 0.3) is 0 Å². The van der Waals surface area contributed by atoms with Crippen LogP contribution in [-0.2, 0) is 9.53 Å². The molecule has 1 N–H and O–H groups in total. The van der Waals surface area contributed by atoms with Crippen LogP contribution < -0.4 is 15.0 Å². The Hall–Kier alpha value is -3.15. The van der Waals surface area contributed by atoms with Gasteiger partial charge in [0.05, 0.1) is 42.0 Å². The van der Waals surface area contributed by atoms with E-state index in [4.69, 9.17) is 14.5 Å². The Morgan fingerprint density at radius 1 is 1.21 bits per heavy atom. The molecule has 1 aliphatic heterocycles. The van der Waals surface area contributed by atoms with Gasteiger partial charge in [0.15, 0.2) is 10.3 Å². The number of nitrogens with zero attached hydrogens (tertiary/aromatic N) is 5. The third-order valence-corrected chi connectivity index (χ3v) is 7.40. The molecule has 0 saturated carbocycles. The third-order valence-electron chi connectivity index (χ3n) is 5.40. The number of hydrogen-bond acceptors (Lipinski definition) is 9. The maximum atomic E-state index is 12.7. The zero-order valence-corrected chi connectivity index (χ0v) is 20.5. The maximum Gasteiger partial charge on any atom is 0.234 e. The zero-order valence-electron chi connectivity index (χ0n) is 18.9. The van der Waals surface area contributed by atoms with Crippen LogP contribution in [0.1, 0.15) is 5.82 Å². The highest BCUT2D eigenvalue weighted by molar-refractivity contribution is 7.99. The molecule has 0 radical (unpaired) electrons. The van der Waals surface area contributed by atoms with E-state index in [0.29, 0.717) is 10.9 Å². The quantitative estimate of drug-likeness (QED) is 0.387. The summed E-state index contributed by atoms with van der Waals surface area (Å²) in [6, 6.07) is 13.5. The minimum atomic E-state index is -0.116. The van der Waals surface area contributed by atoms with Gasteiger partial charge >= 0.3 is 0 Å². The highest BCUT2D eigenvalue weighted by atomic mass is 32.2. The number of carbonyl (C=O) groups excluding carboxylic acids is 1. The number of thiazole rings is 1. The predicted octanol–water partition coefficient (Wildman–Crippen LogP) is 3.76. The summed E-state index contributed by atoms with van der Waals surface area (Å²) in [7, 11) is 1.63. The SMILES string of the molecule is COc1ccccc1-n1c(C)nnc1SCC(=O)Nc1ccc2nc(N3CCOCC3)sc2c1. The lowest BCUT2D eigenvalue weighted by Crippen LogP contribution is -2.36. The van der Waals surface area contributed by atoms with Crippen LogP contribution in [0.15, 0.2) is 47.6 Å². The molecule has 0 bridgehead atoms. The van der Waals surface area contributed by atoms with Crippen molar-refractivity contribution in [1.82, 2.24) is 19.7 Å². The highest BCUT2D eigenvalue weighted by Gasteiger charge is 2.18. The van der Waals surface area contributed by atoms with Crippen molar-refractivity contribution in [3.63, 3.8) is 0 Å². The van der Waals surface area contributed by atoms with Crippen molar-refractivity contribution in [2.45, 2.75) is 12.1 Å². The number of aromatic nitrogens is 4. The Kier molecular flexibility index (Phi) is 6.66. The molecule has 2 aromatic carbocycles. The fraction of sp³-hybridized carbons (Fsp3) is 0.304. The molecule has 0 unspecified atom stereocenters. The second kappa shape index (κ2) is 10.00. The number of morpholine rings is 1. The Morgan fingerprint density at radius 2 is 2.03 bits per heavy atom. The number of nitrogens with one attached hydrogen (secondary N) is 1. The van der Waals surface area contributed by atoms with Gasteiger partial charge in [-0.05, 0) is 37.3 Å². The average Bonchev–Trinajstić information content (AvgIpc) is 3.46. The number of ether oxygens (including phenoxy) is 2. The molecule has 0 atom stereocenters. The van der Waals surface area contributed by atoms with Crippen LogP contribution in [-0.4, -0.2) is 64.8 Å². The van der Waals surface area contributed by atoms with Crippen molar-refractivity contribution in [2.24, 2.45) is 0 Å². The minimum absolute atomic E-state index is 0.116. The minimum Gasteiger partial charge on any atom is -0.495 e. The van der Waals surface area contributed by atoms with E-state index in [-0.39, 0.29) is 11.7 Å². The first-order valence-corrected chi connectivity index (χ1v) is 12.6. The standard InChI is InChI=1S/C23H24N6O3S2/c1-15-26-27-23(29(15)18-5-3-4-6-19(18)31-2)33-14-21(30)24-16-7-8-17-20(13-16)34-22(25-17)28-9-11-32-12-10-28/h3-8,13H,9-12,14H2,1-2H3,(H,24,30). The van der Waals surface area contributed by atoms with E-state index in [1.54, 1.807) is 18.4 Å². The maximum absolute atomic E-state index is 12.7. The van der Waals surface area contributed by atoms with Gasteiger partial charge in [-0.3, -0.25) is 9.36 Å². The largest absolute Gasteiger partial charge is 0.495 e. The molecule has 1 amide bonds. The summed E-state index contributed by atoms with van der Waals surface area (Å²) >= 11 is 2.96. The summed E-state index contributed by atoms with van der Waals surface area (Å²) < 4.78 is 13.8. The number of para-hydroxylation sites is 2. The number of methoxy groups -OCH3 is 1. The lowest BCUT2D eigenvalue weighted by Gasteiger charge is -2.25. The summed E-state index contributed by atoms with van der Waals surface area (Å²) in [4.78, 5) is 19.7. The van der Waals surface area contributed by atoms with Gasteiger partial charge in [0, 0.05) is 18.8 Å². The van der Waals surface area contributed by atoms with Gasteiger partial charge < -0.3 is 19.7 Å². The monoisotopic (exact) mass is 496 g/mol. The van der Waals surface area contributed by atoms with E-state index >= 15 is 0 Å². The molecular formula is C23H24N6O3S2. The number of benzene rings is 2. The second-order valence-corrected chi connectivity index (χ2v) is 9.60. The van der Waals surface area contributed by atoms with Crippen molar-refractivity contribution in [1.29, 1.82) is 0 Å². The molecule has 5 rings (SSSR count). The van der Waals surface area contributed by atoms with E-state index in [1.807, 2.05) is 54.0 Å². The Balaban J connectivity index is 1.26. The van der Waals surface area contributed by atoms with Crippen molar-refractivity contribution in [3.8, 4) is 11.4 Å². The van der Waals surface area contributed by atoms with E-state index < -0.39 is 0 Å². The van der Waals surface area contributed by atoms with Gasteiger partial charge in [-0.15, -0.1) is 10.2 Å². The summed E-state index contributed by atoms with van der Waals surface area (Å²) in [5.74, 6) is 1.52. The zero-order chi connectivity index (χ0) is 23.5. The molecule has 1 saturated heterocycles. The van der Waals surface area contributed by atoms with Gasteiger partial charge in [0.1, 0.15) is 11.6 Å². The molecule has 3 heterocycles. The number of hydrogen-bond donors (Lipinski definition) is 1. The van der Waals surface area contributed by atoms with E-state index in [0.717, 1.165) is 58.9 Å². The molecule has 1 fully saturated rings. The van der Waals surface area contributed by atoms with E-state index in [1.165, 1.54) is 11.8 Å². The normalized spacial score (nSPS) is 13.9. The third kappa shape index (κ3) is 4.72. The van der Waals surface area contributed by atoms with Crippen molar-refractivity contribution < 1.29 is 14.3 Å². The number of anilines is 2. The number of thioether (sulfide) groups is 1. The molecule has 1 aliphatic rings.